The Bertz CT molecular complexity index is 446. The summed E-state index contributed by atoms with van der Waals surface area (Å²) in [5.41, 5.74) is 0. The molecular formula is C33H66N2. The summed E-state index contributed by atoms with van der Waals surface area (Å²) in [7, 11) is 0. The monoisotopic (exact) mass is 491 g/mol. The largest absolute Gasteiger partial charge is 0.356 e. The summed E-state index contributed by atoms with van der Waals surface area (Å²) in [5.74, 6) is 0. The smallest absolute Gasteiger partial charge is 0.101 e. The van der Waals surface area contributed by atoms with Crippen LogP contribution >= 0.6 is 0 Å². The highest BCUT2D eigenvalue weighted by molar-refractivity contribution is 4.97. The maximum atomic E-state index is 2.68. The number of unbranched alkanes of at least 4 members (excludes halogenated alkanes) is 21. The fourth-order valence-corrected chi connectivity index (χ4v) is 5.66. The third-order valence-electron chi connectivity index (χ3n) is 8.07. The zero-order chi connectivity index (χ0) is 25.2. The highest BCUT2D eigenvalue weighted by Gasteiger charge is 2.24. The van der Waals surface area contributed by atoms with Crippen LogP contribution in [0.25, 0.3) is 0 Å². The molecule has 2 nitrogen and oxygen atoms in total. The second kappa shape index (κ2) is 25.0. The lowest BCUT2D eigenvalue weighted by Gasteiger charge is -2.33. The molecule has 1 aliphatic heterocycles. The summed E-state index contributed by atoms with van der Waals surface area (Å²) in [6, 6.07) is 0. The molecule has 0 amide bonds. The van der Waals surface area contributed by atoms with Gasteiger partial charge >= 0.3 is 0 Å². The lowest BCUT2D eigenvalue weighted by Crippen LogP contribution is -2.39. The minimum Gasteiger partial charge on any atom is -0.356 e. The predicted octanol–water partition coefficient (Wildman–Crippen LogP) is 11.2. The second-order valence-electron chi connectivity index (χ2n) is 11.5. The SMILES string of the molecule is CCCCCCCCCCCCCCCCCN1C=CN(CCCCCCC)C1CCCCCC. The van der Waals surface area contributed by atoms with Gasteiger partial charge in [-0.1, -0.05) is 156 Å². The minimum absolute atomic E-state index is 0.643. The Morgan fingerprint density at radius 1 is 0.371 bits per heavy atom. The maximum Gasteiger partial charge on any atom is 0.101 e. The summed E-state index contributed by atoms with van der Waals surface area (Å²) >= 11 is 0. The molecule has 0 fully saturated rings. The quantitative estimate of drug-likeness (QED) is 0.106. The third kappa shape index (κ3) is 18.3. The molecule has 0 aromatic heterocycles. The molecule has 1 heterocycles. The van der Waals surface area contributed by atoms with Crippen LogP contribution in [0.2, 0.25) is 0 Å². The molecule has 0 aromatic rings. The summed E-state index contributed by atoms with van der Waals surface area (Å²) in [5, 5.41) is 0. The van der Waals surface area contributed by atoms with Gasteiger partial charge in [-0.05, 0) is 25.7 Å². The van der Waals surface area contributed by atoms with E-state index in [2.05, 4.69) is 43.0 Å². The Balaban J connectivity index is 2.07. The van der Waals surface area contributed by atoms with Gasteiger partial charge in [-0.15, -0.1) is 0 Å². The summed E-state index contributed by atoms with van der Waals surface area (Å²) in [6.07, 6.45) is 41.0. The fourth-order valence-electron chi connectivity index (χ4n) is 5.66. The molecule has 1 aliphatic rings. The molecule has 0 aliphatic carbocycles. The summed E-state index contributed by atoms with van der Waals surface area (Å²) in [4.78, 5) is 5.35. The van der Waals surface area contributed by atoms with Crippen LogP contribution in [0, 0.1) is 0 Å². The van der Waals surface area contributed by atoms with E-state index in [4.69, 9.17) is 0 Å². The standard InChI is InChI=1S/C33H66N2/c1-4-7-10-13-14-15-16-17-18-19-20-21-22-24-27-30-35-32-31-34(29-26-23-11-8-5-2)33(35)28-25-12-9-6-3/h31-33H,4-30H2,1-3H3. The first-order valence-corrected chi connectivity index (χ1v) is 16.5. The Hall–Kier alpha value is -0.660. The molecule has 1 unspecified atom stereocenters. The van der Waals surface area contributed by atoms with Crippen LogP contribution in [0.1, 0.15) is 181 Å². The lowest BCUT2D eigenvalue weighted by molar-refractivity contribution is 0.135. The molecule has 2 heteroatoms. The molecule has 208 valence electrons. The average molecular weight is 491 g/mol. The van der Waals surface area contributed by atoms with Gasteiger partial charge in [0, 0.05) is 25.5 Å². The molecule has 0 saturated heterocycles. The first-order valence-electron chi connectivity index (χ1n) is 16.5. The van der Waals surface area contributed by atoms with Gasteiger partial charge in [0.15, 0.2) is 0 Å². The van der Waals surface area contributed by atoms with Crippen molar-refractivity contribution >= 4 is 0 Å². The molecular weight excluding hydrogens is 424 g/mol. The van der Waals surface area contributed by atoms with E-state index in [1.54, 1.807) is 0 Å². The van der Waals surface area contributed by atoms with Gasteiger partial charge < -0.3 is 9.80 Å². The van der Waals surface area contributed by atoms with Crippen molar-refractivity contribution in [2.75, 3.05) is 13.1 Å². The Morgan fingerprint density at radius 3 is 1.00 bits per heavy atom. The van der Waals surface area contributed by atoms with E-state index in [0.717, 1.165) is 0 Å². The molecule has 0 bridgehead atoms. The first kappa shape index (κ1) is 32.4. The minimum atomic E-state index is 0.643. The van der Waals surface area contributed by atoms with Crippen molar-refractivity contribution in [3.63, 3.8) is 0 Å². The van der Waals surface area contributed by atoms with Crippen LogP contribution in [0.3, 0.4) is 0 Å². The maximum absolute atomic E-state index is 2.68. The van der Waals surface area contributed by atoms with Crippen molar-refractivity contribution in [1.82, 2.24) is 9.80 Å². The van der Waals surface area contributed by atoms with E-state index in [-0.39, 0.29) is 0 Å². The molecule has 0 aromatic carbocycles. The van der Waals surface area contributed by atoms with Crippen LogP contribution in [0.5, 0.6) is 0 Å². The molecule has 1 atom stereocenters. The zero-order valence-electron chi connectivity index (χ0n) is 24.7. The Kier molecular flexibility index (Phi) is 23.1. The summed E-state index contributed by atoms with van der Waals surface area (Å²) < 4.78 is 0. The van der Waals surface area contributed by atoms with Crippen molar-refractivity contribution in [3.8, 4) is 0 Å². The van der Waals surface area contributed by atoms with Gasteiger partial charge in [0.1, 0.15) is 6.17 Å². The fraction of sp³-hybridized carbons (Fsp3) is 0.939. The van der Waals surface area contributed by atoms with Crippen LogP contribution in [-0.4, -0.2) is 29.1 Å². The molecule has 0 N–H and O–H groups in total. The molecule has 1 rings (SSSR count). The van der Waals surface area contributed by atoms with Crippen LogP contribution in [0.4, 0.5) is 0 Å². The predicted molar refractivity (Wildman–Crippen MR) is 159 cm³/mol. The molecule has 0 saturated carbocycles. The van der Waals surface area contributed by atoms with Crippen molar-refractivity contribution < 1.29 is 0 Å². The van der Waals surface area contributed by atoms with Crippen molar-refractivity contribution in [2.45, 2.75) is 187 Å². The van der Waals surface area contributed by atoms with Crippen molar-refractivity contribution in [3.05, 3.63) is 12.4 Å². The highest BCUT2D eigenvalue weighted by atomic mass is 15.4. The van der Waals surface area contributed by atoms with Crippen LogP contribution < -0.4 is 0 Å². The van der Waals surface area contributed by atoms with Gasteiger partial charge in [0.05, 0.1) is 0 Å². The molecule has 0 radical (unpaired) electrons. The topological polar surface area (TPSA) is 6.48 Å². The van der Waals surface area contributed by atoms with E-state index in [1.807, 2.05) is 0 Å². The lowest BCUT2D eigenvalue weighted by atomic mass is 10.0. The van der Waals surface area contributed by atoms with Crippen molar-refractivity contribution in [1.29, 1.82) is 0 Å². The van der Waals surface area contributed by atoms with Crippen LogP contribution in [0.15, 0.2) is 12.4 Å². The van der Waals surface area contributed by atoms with Crippen molar-refractivity contribution in [2.24, 2.45) is 0 Å². The number of nitrogens with zero attached hydrogens (tertiary/aromatic N) is 2. The molecule has 35 heavy (non-hydrogen) atoms. The van der Waals surface area contributed by atoms with Gasteiger partial charge in [0.25, 0.3) is 0 Å². The van der Waals surface area contributed by atoms with E-state index < -0.39 is 0 Å². The zero-order valence-corrected chi connectivity index (χ0v) is 24.7. The van der Waals surface area contributed by atoms with E-state index in [9.17, 15) is 0 Å². The average Bonchev–Trinajstić information content (AvgIpc) is 3.25. The number of hydrogen-bond acceptors (Lipinski definition) is 2. The first-order chi connectivity index (χ1) is 17.3. The van der Waals surface area contributed by atoms with E-state index in [1.165, 1.54) is 174 Å². The Labute approximate surface area is 222 Å². The van der Waals surface area contributed by atoms with E-state index in [0.29, 0.717) is 6.17 Å². The summed E-state index contributed by atoms with van der Waals surface area (Å²) in [6.45, 7) is 9.46. The Morgan fingerprint density at radius 2 is 0.657 bits per heavy atom. The normalized spacial score (nSPS) is 15.6. The van der Waals surface area contributed by atoms with E-state index >= 15 is 0 Å². The third-order valence-corrected chi connectivity index (χ3v) is 8.07. The number of rotatable bonds is 27. The molecule has 0 spiro atoms. The number of hydrogen-bond donors (Lipinski definition) is 0. The van der Waals surface area contributed by atoms with Gasteiger partial charge in [-0.25, -0.2) is 0 Å². The van der Waals surface area contributed by atoms with Gasteiger partial charge in [0.2, 0.25) is 0 Å². The van der Waals surface area contributed by atoms with Gasteiger partial charge in [-0.3, -0.25) is 0 Å². The second-order valence-corrected chi connectivity index (χ2v) is 11.5. The van der Waals surface area contributed by atoms with Crippen LogP contribution in [-0.2, 0) is 0 Å². The highest BCUT2D eigenvalue weighted by Crippen LogP contribution is 2.23. The van der Waals surface area contributed by atoms with Gasteiger partial charge in [-0.2, -0.15) is 0 Å².